The van der Waals surface area contributed by atoms with Crippen LogP contribution in [0.25, 0.3) is 0 Å². The van der Waals surface area contributed by atoms with Gasteiger partial charge in [-0.05, 0) is 31.2 Å². The number of pyridine rings is 1. The second-order valence-corrected chi connectivity index (χ2v) is 5.61. The molecule has 1 aromatic rings. The van der Waals surface area contributed by atoms with Crippen LogP contribution in [0.1, 0.15) is 37.0 Å². The second kappa shape index (κ2) is 7.38. The van der Waals surface area contributed by atoms with E-state index < -0.39 is 0 Å². The number of methoxy groups -OCH3 is 1. The van der Waals surface area contributed by atoms with Crippen molar-refractivity contribution >= 4 is 23.5 Å². The van der Waals surface area contributed by atoms with E-state index in [2.05, 4.69) is 30.4 Å². The Morgan fingerprint density at radius 2 is 2.16 bits per heavy atom. The van der Waals surface area contributed by atoms with E-state index in [1.165, 1.54) is 7.11 Å². The summed E-state index contributed by atoms with van der Waals surface area (Å²) in [5.41, 5.74) is 0.479. The van der Waals surface area contributed by atoms with Gasteiger partial charge in [0.2, 0.25) is 0 Å². The molecule has 0 saturated carbocycles. The fourth-order valence-electron chi connectivity index (χ4n) is 1.93. The molecule has 106 valence electrons. The van der Waals surface area contributed by atoms with Gasteiger partial charge >= 0.3 is 5.97 Å². The number of thioether (sulfide) groups is 1. The van der Waals surface area contributed by atoms with Crippen LogP contribution in [0.2, 0.25) is 0 Å². The van der Waals surface area contributed by atoms with Gasteiger partial charge in [-0.25, -0.2) is 9.78 Å². The van der Waals surface area contributed by atoms with Crippen LogP contribution in [0.15, 0.2) is 18.3 Å². The van der Waals surface area contributed by atoms with Crippen LogP contribution >= 0.6 is 11.8 Å². The second-order valence-electron chi connectivity index (χ2n) is 4.34. The van der Waals surface area contributed by atoms with Crippen LogP contribution < -0.4 is 5.32 Å². The first-order valence-corrected chi connectivity index (χ1v) is 7.67. The number of hydrogen-bond acceptors (Lipinski definition) is 5. The zero-order valence-electron chi connectivity index (χ0n) is 12.0. The minimum absolute atomic E-state index is 0.172. The molecule has 0 unspecified atom stereocenters. The Morgan fingerprint density at radius 3 is 2.68 bits per heavy atom. The molecule has 1 heterocycles. The number of esters is 1. The first kappa shape index (κ1) is 15.8. The Labute approximate surface area is 119 Å². The first-order chi connectivity index (χ1) is 9.12. The number of aromatic nitrogens is 1. The van der Waals surface area contributed by atoms with Crippen molar-refractivity contribution in [3.8, 4) is 0 Å². The molecule has 5 heteroatoms. The van der Waals surface area contributed by atoms with Gasteiger partial charge in [-0.1, -0.05) is 13.8 Å². The zero-order chi connectivity index (χ0) is 14.3. The van der Waals surface area contributed by atoms with Crippen molar-refractivity contribution in [2.24, 2.45) is 0 Å². The summed E-state index contributed by atoms with van der Waals surface area (Å²) in [7, 11) is 1.38. The van der Waals surface area contributed by atoms with Crippen molar-refractivity contribution in [2.45, 2.75) is 31.4 Å². The molecule has 0 aliphatic carbocycles. The maximum Gasteiger partial charge on any atom is 0.341 e. The molecule has 19 heavy (non-hydrogen) atoms. The Kier molecular flexibility index (Phi) is 6.15. The maximum absolute atomic E-state index is 11.7. The van der Waals surface area contributed by atoms with Crippen molar-refractivity contribution in [1.82, 2.24) is 4.98 Å². The molecule has 0 spiro atoms. The third-order valence-electron chi connectivity index (χ3n) is 3.51. The molecule has 0 atom stereocenters. The molecular weight excluding hydrogens is 260 g/mol. The number of anilines is 1. The highest BCUT2D eigenvalue weighted by Gasteiger charge is 2.25. The van der Waals surface area contributed by atoms with Gasteiger partial charge in [0, 0.05) is 17.5 Å². The monoisotopic (exact) mass is 282 g/mol. The number of rotatable bonds is 7. The molecule has 0 saturated heterocycles. The Hall–Kier alpha value is -1.23. The summed E-state index contributed by atoms with van der Waals surface area (Å²) in [4.78, 5) is 15.9. The number of nitrogens with one attached hydrogen (secondary N) is 1. The van der Waals surface area contributed by atoms with Crippen LogP contribution in [-0.2, 0) is 4.74 Å². The van der Waals surface area contributed by atoms with E-state index >= 15 is 0 Å². The van der Waals surface area contributed by atoms with Gasteiger partial charge in [0.15, 0.2) is 0 Å². The minimum atomic E-state index is -0.363. The standard InChI is InChI=1S/C14H22N2O2S/c1-5-14(6-2,19-4)10-16-12-11(13(17)18-3)8-7-9-15-12/h7-9H,5-6,10H2,1-4H3,(H,15,16). The van der Waals surface area contributed by atoms with Gasteiger partial charge in [-0.2, -0.15) is 11.8 Å². The highest BCUT2D eigenvalue weighted by Crippen LogP contribution is 2.30. The lowest BCUT2D eigenvalue weighted by atomic mass is 10.0. The predicted molar refractivity (Wildman–Crippen MR) is 80.9 cm³/mol. The summed E-state index contributed by atoms with van der Waals surface area (Å²) in [6.45, 7) is 5.14. The van der Waals surface area contributed by atoms with E-state index in [0.29, 0.717) is 11.4 Å². The van der Waals surface area contributed by atoms with Crippen molar-refractivity contribution in [2.75, 3.05) is 25.2 Å². The van der Waals surface area contributed by atoms with E-state index in [-0.39, 0.29) is 10.7 Å². The average Bonchev–Trinajstić information content (AvgIpc) is 2.49. The lowest BCUT2D eigenvalue weighted by Gasteiger charge is -2.30. The highest BCUT2D eigenvalue weighted by atomic mass is 32.2. The Bertz CT molecular complexity index is 411. The summed E-state index contributed by atoms with van der Waals surface area (Å²) in [6.07, 6.45) is 5.93. The molecule has 1 rings (SSSR count). The van der Waals surface area contributed by atoms with Gasteiger partial charge in [0.1, 0.15) is 11.4 Å². The van der Waals surface area contributed by atoms with Crippen LogP contribution in [0.5, 0.6) is 0 Å². The summed E-state index contributed by atoms with van der Waals surface area (Å²) < 4.78 is 4.94. The number of ether oxygens (including phenoxy) is 1. The lowest BCUT2D eigenvalue weighted by molar-refractivity contribution is 0.0601. The van der Waals surface area contributed by atoms with Crippen molar-refractivity contribution in [1.29, 1.82) is 0 Å². The van der Waals surface area contributed by atoms with Crippen LogP contribution in [0.4, 0.5) is 5.82 Å². The minimum Gasteiger partial charge on any atom is -0.465 e. The summed E-state index contributed by atoms with van der Waals surface area (Å²) >= 11 is 1.85. The molecule has 1 aromatic heterocycles. The SMILES string of the molecule is CCC(CC)(CNc1ncccc1C(=O)OC)SC. The Morgan fingerprint density at radius 1 is 1.47 bits per heavy atom. The number of carbonyl (C=O) groups excluding carboxylic acids is 1. The number of hydrogen-bond donors (Lipinski definition) is 1. The molecule has 0 aromatic carbocycles. The van der Waals surface area contributed by atoms with Crippen LogP contribution in [-0.4, -0.2) is 35.6 Å². The van der Waals surface area contributed by atoms with E-state index in [1.54, 1.807) is 18.3 Å². The van der Waals surface area contributed by atoms with Gasteiger partial charge < -0.3 is 10.1 Å². The maximum atomic E-state index is 11.7. The molecule has 0 amide bonds. The van der Waals surface area contributed by atoms with E-state index in [0.717, 1.165) is 19.4 Å². The van der Waals surface area contributed by atoms with Crippen molar-refractivity contribution < 1.29 is 9.53 Å². The fourth-order valence-corrected chi connectivity index (χ4v) is 2.72. The molecule has 1 N–H and O–H groups in total. The third-order valence-corrected chi connectivity index (χ3v) is 5.10. The molecule has 0 aliphatic heterocycles. The third kappa shape index (κ3) is 3.86. The van der Waals surface area contributed by atoms with Gasteiger partial charge in [0.25, 0.3) is 0 Å². The molecule has 0 fully saturated rings. The van der Waals surface area contributed by atoms with Crippen LogP contribution in [0.3, 0.4) is 0 Å². The average molecular weight is 282 g/mol. The van der Waals surface area contributed by atoms with E-state index in [1.807, 2.05) is 11.8 Å². The molecular formula is C14H22N2O2S. The normalized spacial score (nSPS) is 11.2. The van der Waals surface area contributed by atoms with Crippen molar-refractivity contribution in [3.05, 3.63) is 23.9 Å². The van der Waals surface area contributed by atoms with Gasteiger partial charge in [0.05, 0.1) is 7.11 Å². The summed E-state index contributed by atoms with van der Waals surface area (Å²) in [6, 6.07) is 3.46. The molecule has 0 aliphatic rings. The summed E-state index contributed by atoms with van der Waals surface area (Å²) in [5.74, 6) is 0.230. The fraction of sp³-hybridized carbons (Fsp3) is 0.571. The Balaban J connectivity index is 2.85. The molecule has 0 radical (unpaired) electrons. The first-order valence-electron chi connectivity index (χ1n) is 6.44. The smallest absolute Gasteiger partial charge is 0.341 e. The predicted octanol–water partition coefficient (Wildman–Crippen LogP) is 3.20. The largest absolute Gasteiger partial charge is 0.465 e. The number of nitrogens with zero attached hydrogens (tertiary/aromatic N) is 1. The summed E-state index contributed by atoms with van der Waals surface area (Å²) in [5, 5.41) is 3.29. The van der Waals surface area contributed by atoms with E-state index in [4.69, 9.17) is 4.74 Å². The topological polar surface area (TPSA) is 51.2 Å². The van der Waals surface area contributed by atoms with Crippen molar-refractivity contribution in [3.63, 3.8) is 0 Å². The van der Waals surface area contributed by atoms with Crippen LogP contribution in [0, 0.1) is 0 Å². The highest BCUT2D eigenvalue weighted by molar-refractivity contribution is 8.00. The molecule has 0 bridgehead atoms. The van der Waals surface area contributed by atoms with Gasteiger partial charge in [-0.3, -0.25) is 0 Å². The van der Waals surface area contributed by atoms with E-state index in [9.17, 15) is 4.79 Å². The zero-order valence-corrected chi connectivity index (χ0v) is 12.8. The number of carbonyl (C=O) groups is 1. The quantitative estimate of drug-likeness (QED) is 0.778. The van der Waals surface area contributed by atoms with Gasteiger partial charge in [-0.15, -0.1) is 0 Å². The molecule has 4 nitrogen and oxygen atoms in total. The lowest BCUT2D eigenvalue weighted by Crippen LogP contribution is -2.32.